The third-order valence-corrected chi connectivity index (χ3v) is 5.30. The predicted molar refractivity (Wildman–Crippen MR) is 93.5 cm³/mol. The quantitative estimate of drug-likeness (QED) is 0.829. The second-order valence-corrected chi connectivity index (χ2v) is 6.91. The summed E-state index contributed by atoms with van der Waals surface area (Å²) in [5.41, 5.74) is 1.61. The van der Waals surface area contributed by atoms with E-state index in [1.54, 1.807) is 11.0 Å². The van der Waals surface area contributed by atoms with E-state index in [4.69, 9.17) is 0 Å². The molecule has 1 aliphatic heterocycles. The number of aromatic nitrogens is 4. The van der Waals surface area contributed by atoms with Crippen molar-refractivity contribution in [3.63, 3.8) is 0 Å². The number of amides is 1. The molecule has 1 aromatic carbocycles. The van der Waals surface area contributed by atoms with Gasteiger partial charge in [-0.25, -0.2) is 4.68 Å². The number of piperidine rings is 1. The summed E-state index contributed by atoms with van der Waals surface area (Å²) in [7, 11) is 0. The van der Waals surface area contributed by atoms with E-state index in [1.165, 1.54) is 0 Å². The maximum absolute atomic E-state index is 13.1. The van der Waals surface area contributed by atoms with Crippen molar-refractivity contribution in [1.82, 2.24) is 30.0 Å². The van der Waals surface area contributed by atoms with Crippen molar-refractivity contribution in [2.45, 2.75) is 44.7 Å². The van der Waals surface area contributed by atoms with Crippen LogP contribution in [0.3, 0.4) is 0 Å². The number of hydrogen-bond acceptors (Lipinski definition) is 5. The third kappa shape index (κ3) is 3.42. The Kier molecular flexibility index (Phi) is 4.48. The van der Waals surface area contributed by atoms with Gasteiger partial charge in [0, 0.05) is 30.7 Å². The van der Waals surface area contributed by atoms with Crippen LogP contribution in [0.4, 0.5) is 0 Å². The lowest BCUT2D eigenvalue weighted by atomic mass is 10.0. The molecule has 0 radical (unpaired) electrons. The highest BCUT2D eigenvalue weighted by molar-refractivity contribution is 5.95. The molecule has 2 fully saturated rings. The number of rotatable bonds is 5. The van der Waals surface area contributed by atoms with Crippen LogP contribution in [0.15, 0.2) is 30.6 Å². The van der Waals surface area contributed by atoms with E-state index in [1.807, 2.05) is 24.3 Å². The fraction of sp³-hybridized carbons (Fsp3) is 0.556. The van der Waals surface area contributed by atoms with E-state index in [9.17, 15) is 4.79 Å². The molecule has 7 heteroatoms. The monoisotopic (exact) mass is 340 g/mol. The number of carbonyl (C=O) groups excluding carboxylic acids is 1. The van der Waals surface area contributed by atoms with E-state index < -0.39 is 0 Å². The molecule has 0 atom stereocenters. The highest BCUT2D eigenvalue weighted by Crippen LogP contribution is 2.33. The first-order valence-electron chi connectivity index (χ1n) is 9.14. The SMILES string of the molecule is CCN1CCC(N(C(=O)c2ccc(-n3cnnn3)cc2)C2CC2)CC1. The minimum atomic E-state index is 0.167. The molecule has 0 spiro atoms. The number of hydrogen-bond donors (Lipinski definition) is 0. The van der Waals surface area contributed by atoms with Crippen LogP contribution in [0, 0.1) is 0 Å². The van der Waals surface area contributed by atoms with Crippen molar-refractivity contribution in [3.8, 4) is 5.69 Å². The van der Waals surface area contributed by atoms with Crippen molar-refractivity contribution in [3.05, 3.63) is 36.2 Å². The smallest absolute Gasteiger partial charge is 0.254 e. The van der Waals surface area contributed by atoms with E-state index >= 15 is 0 Å². The van der Waals surface area contributed by atoms with Crippen LogP contribution in [-0.4, -0.2) is 67.6 Å². The third-order valence-electron chi connectivity index (χ3n) is 5.30. The molecule has 7 nitrogen and oxygen atoms in total. The number of tetrazole rings is 1. The molecule has 1 saturated heterocycles. The Morgan fingerprint density at radius 2 is 1.80 bits per heavy atom. The zero-order valence-electron chi connectivity index (χ0n) is 14.6. The average Bonchev–Trinajstić information content (AvgIpc) is 3.34. The Labute approximate surface area is 147 Å². The standard InChI is InChI=1S/C18H24N6O/c1-2-22-11-9-17(10-12-22)24(16-7-8-16)18(25)14-3-5-15(6-4-14)23-13-19-20-21-23/h3-6,13,16-17H,2,7-12H2,1H3. The lowest BCUT2D eigenvalue weighted by Gasteiger charge is -2.38. The molecule has 2 aromatic rings. The number of nitrogens with zero attached hydrogens (tertiary/aromatic N) is 6. The van der Waals surface area contributed by atoms with Gasteiger partial charge in [-0.15, -0.1) is 5.10 Å². The molecule has 1 aliphatic carbocycles. The Hall–Kier alpha value is -2.28. The van der Waals surface area contributed by atoms with Gasteiger partial charge in [0.2, 0.25) is 0 Å². The molecule has 25 heavy (non-hydrogen) atoms. The molecule has 132 valence electrons. The summed E-state index contributed by atoms with van der Waals surface area (Å²) in [4.78, 5) is 17.8. The maximum atomic E-state index is 13.1. The van der Waals surface area contributed by atoms with Gasteiger partial charge in [0.05, 0.1) is 5.69 Å². The van der Waals surface area contributed by atoms with E-state index in [0.717, 1.165) is 56.6 Å². The highest BCUT2D eigenvalue weighted by atomic mass is 16.2. The minimum Gasteiger partial charge on any atom is -0.333 e. The molecule has 2 aliphatic rings. The van der Waals surface area contributed by atoms with Gasteiger partial charge in [-0.3, -0.25) is 4.79 Å². The predicted octanol–water partition coefficient (Wildman–Crippen LogP) is 1.75. The summed E-state index contributed by atoms with van der Waals surface area (Å²) >= 11 is 0. The van der Waals surface area contributed by atoms with Gasteiger partial charge in [0.1, 0.15) is 6.33 Å². The molecule has 4 rings (SSSR count). The number of likely N-dealkylation sites (tertiary alicyclic amines) is 1. The maximum Gasteiger partial charge on any atom is 0.254 e. The van der Waals surface area contributed by atoms with Crippen molar-refractivity contribution < 1.29 is 4.79 Å². The van der Waals surface area contributed by atoms with Crippen molar-refractivity contribution >= 4 is 5.91 Å². The Morgan fingerprint density at radius 3 is 2.36 bits per heavy atom. The van der Waals surface area contributed by atoms with Gasteiger partial charge in [-0.05, 0) is 66.9 Å². The summed E-state index contributed by atoms with van der Waals surface area (Å²) in [5.74, 6) is 0.167. The summed E-state index contributed by atoms with van der Waals surface area (Å²) in [5, 5.41) is 11.2. The highest BCUT2D eigenvalue weighted by Gasteiger charge is 2.38. The van der Waals surface area contributed by atoms with E-state index in [0.29, 0.717) is 12.1 Å². The summed E-state index contributed by atoms with van der Waals surface area (Å²) < 4.78 is 1.59. The van der Waals surface area contributed by atoms with Gasteiger partial charge in [0.15, 0.2) is 0 Å². The van der Waals surface area contributed by atoms with Crippen LogP contribution in [0.5, 0.6) is 0 Å². The zero-order valence-corrected chi connectivity index (χ0v) is 14.6. The number of benzene rings is 1. The molecule has 1 saturated carbocycles. The van der Waals surface area contributed by atoms with Crippen LogP contribution in [0.2, 0.25) is 0 Å². The van der Waals surface area contributed by atoms with Crippen molar-refractivity contribution in [2.24, 2.45) is 0 Å². The number of carbonyl (C=O) groups is 1. The van der Waals surface area contributed by atoms with Gasteiger partial charge in [0.25, 0.3) is 5.91 Å². The fourth-order valence-electron chi connectivity index (χ4n) is 3.68. The molecule has 1 aromatic heterocycles. The second-order valence-electron chi connectivity index (χ2n) is 6.91. The summed E-state index contributed by atoms with van der Waals surface area (Å²) in [6.45, 7) is 5.49. The average molecular weight is 340 g/mol. The van der Waals surface area contributed by atoms with Gasteiger partial charge in [-0.1, -0.05) is 6.92 Å². The summed E-state index contributed by atoms with van der Waals surface area (Å²) in [6.07, 6.45) is 6.00. The largest absolute Gasteiger partial charge is 0.333 e. The zero-order chi connectivity index (χ0) is 17.2. The second kappa shape index (κ2) is 6.92. The fourth-order valence-corrected chi connectivity index (χ4v) is 3.68. The van der Waals surface area contributed by atoms with Crippen LogP contribution in [0.1, 0.15) is 43.0 Å². The van der Waals surface area contributed by atoms with E-state index in [2.05, 4.69) is 32.2 Å². The van der Waals surface area contributed by atoms with Crippen LogP contribution in [-0.2, 0) is 0 Å². The van der Waals surface area contributed by atoms with Crippen molar-refractivity contribution in [1.29, 1.82) is 0 Å². The van der Waals surface area contributed by atoms with Gasteiger partial charge in [-0.2, -0.15) is 0 Å². The first-order chi connectivity index (χ1) is 12.3. The molecule has 2 heterocycles. The van der Waals surface area contributed by atoms with E-state index in [-0.39, 0.29) is 5.91 Å². The molecule has 0 N–H and O–H groups in total. The van der Waals surface area contributed by atoms with Crippen LogP contribution < -0.4 is 0 Å². The molecule has 0 unspecified atom stereocenters. The molecular weight excluding hydrogens is 316 g/mol. The molecule has 1 amide bonds. The molecule has 0 bridgehead atoms. The Balaban J connectivity index is 1.49. The van der Waals surface area contributed by atoms with Crippen LogP contribution in [0.25, 0.3) is 5.69 Å². The minimum absolute atomic E-state index is 0.167. The normalized spacial score (nSPS) is 19.1. The summed E-state index contributed by atoms with van der Waals surface area (Å²) in [6, 6.07) is 8.38. The van der Waals surface area contributed by atoms with Gasteiger partial charge >= 0.3 is 0 Å². The Bertz CT molecular complexity index is 702. The first kappa shape index (κ1) is 16.2. The lowest BCUT2D eigenvalue weighted by Crippen LogP contribution is -2.48. The van der Waals surface area contributed by atoms with Crippen LogP contribution >= 0.6 is 0 Å². The van der Waals surface area contributed by atoms with Crippen molar-refractivity contribution in [2.75, 3.05) is 19.6 Å². The Morgan fingerprint density at radius 1 is 1.12 bits per heavy atom. The van der Waals surface area contributed by atoms with Gasteiger partial charge < -0.3 is 9.80 Å². The first-order valence-corrected chi connectivity index (χ1v) is 9.14. The molecular formula is C18H24N6O. The lowest BCUT2D eigenvalue weighted by molar-refractivity contribution is 0.0554. The topological polar surface area (TPSA) is 67.2 Å².